The highest BCUT2D eigenvalue weighted by atomic mass is 15.3. The monoisotopic (exact) mass is 176 g/mol. The van der Waals surface area contributed by atoms with Crippen molar-refractivity contribution in [1.29, 1.82) is 0 Å². The molecule has 0 unspecified atom stereocenters. The van der Waals surface area contributed by atoms with Crippen LogP contribution in [0.3, 0.4) is 0 Å². The zero-order valence-corrected chi connectivity index (χ0v) is 5.99. The summed E-state index contributed by atoms with van der Waals surface area (Å²) in [7, 11) is 0. The van der Waals surface area contributed by atoms with E-state index in [-0.39, 0.29) is 7.43 Å². The maximum Gasteiger partial charge on any atom is 0.117 e. The Kier molecular flexibility index (Phi) is 2.91. The molecule has 0 N–H and O–H groups in total. The van der Waals surface area contributed by atoms with Gasteiger partial charge in [0.15, 0.2) is 0 Å². The lowest BCUT2D eigenvalue weighted by Crippen LogP contribution is -1.93. The molecule has 0 aromatic carbocycles. The highest BCUT2D eigenvalue weighted by molar-refractivity contribution is 5.50. The molecule has 0 saturated heterocycles. The topological polar surface area (TPSA) is 77.3 Å². The van der Waals surface area contributed by atoms with Crippen molar-refractivity contribution >= 4 is 0 Å². The maximum atomic E-state index is 3.76. The lowest BCUT2D eigenvalue weighted by atomic mass is 10.3. The number of nitrogens with zero attached hydrogens (tertiary/aromatic N) is 6. The fourth-order valence-corrected chi connectivity index (χ4v) is 0.755. The quantitative estimate of drug-likeness (QED) is 0.624. The average Bonchev–Trinajstić information content (AvgIpc) is 2.21. The Bertz CT molecular complexity index is 310. The number of hydrogen-bond donors (Lipinski definition) is 0. The van der Waals surface area contributed by atoms with Gasteiger partial charge in [-0.25, -0.2) is 0 Å². The molecule has 2 heterocycles. The first-order chi connectivity index (χ1) is 5.97. The minimum absolute atomic E-state index is 0. The van der Waals surface area contributed by atoms with Gasteiger partial charge in [-0.2, -0.15) is 0 Å². The van der Waals surface area contributed by atoms with Gasteiger partial charge in [-0.05, 0) is 22.6 Å². The molecule has 6 heteroatoms. The van der Waals surface area contributed by atoms with E-state index in [2.05, 4.69) is 30.8 Å². The lowest BCUT2D eigenvalue weighted by molar-refractivity contribution is 0.840. The molecule has 0 aliphatic carbocycles. The van der Waals surface area contributed by atoms with E-state index in [0.717, 1.165) is 0 Å². The van der Waals surface area contributed by atoms with Gasteiger partial charge in [0.1, 0.15) is 11.4 Å². The molecule has 0 radical (unpaired) electrons. The van der Waals surface area contributed by atoms with E-state index in [9.17, 15) is 0 Å². The first-order valence-electron chi connectivity index (χ1n) is 3.26. The van der Waals surface area contributed by atoms with Crippen molar-refractivity contribution in [2.24, 2.45) is 0 Å². The summed E-state index contributed by atoms with van der Waals surface area (Å²) in [6.45, 7) is 0. The van der Waals surface area contributed by atoms with Gasteiger partial charge in [-0.1, -0.05) is 7.43 Å². The predicted molar refractivity (Wildman–Crippen MR) is 45.4 cm³/mol. The van der Waals surface area contributed by atoms with Gasteiger partial charge in [0.05, 0.1) is 12.4 Å². The van der Waals surface area contributed by atoms with Crippen LogP contribution in [0.2, 0.25) is 0 Å². The van der Waals surface area contributed by atoms with E-state index in [0.29, 0.717) is 11.4 Å². The van der Waals surface area contributed by atoms with Gasteiger partial charge in [0.25, 0.3) is 0 Å². The second-order valence-electron chi connectivity index (χ2n) is 2.01. The summed E-state index contributed by atoms with van der Waals surface area (Å²) in [5, 5.41) is 21.6. The highest BCUT2D eigenvalue weighted by Gasteiger charge is 1.98. The van der Waals surface area contributed by atoms with Crippen LogP contribution in [0.25, 0.3) is 11.4 Å². The Labute approximate surface area is 75.1 Å². The fourth-order valence-electron chi connectivity index (χ4n) is 0.755. The van der Waals surface area contributed by atoms with Crippen LogP contribution in [0.15, 0.2) is 24.5 Å². The van der Waals surface area contributed by atoms with Crippen molar-refractivity contribution in [2.45, 2.75) is 7.43 Å². The molecule has 0 aliphatic rings. The van der Waals surface area contributed by atoms with Gasteiger partial charge in [-0.3, -0.25) is 0 Å². The van der Waals surface area contributed by atoms with Gasteiger partial charge in [-0.15, -0.1) is 20.4 Å². The third-order valence-corrected chi connectivity index (χ3v) is 1.27. The molecule has 6 nitrogen and oxygen atoms in total. The summed E-state index contributed by atoms with van der Waals surface area (Å²) in [6.07, 6.45) is 3.09. The Morgan fingerprint density at radius 3 is 1.54 bits per heavy atom. The van der Waals surface area contributed by atoms with Crippen LogP contribution in [0.5, 0.6) is 0 Å². The Hall–Kier alpha value is -1.98. The van der Waals surface area contributed by atoms with Gasteiger partial charge >= 0.3 is 0 Å². The zero-order valence-electron chi connectivity index (χ0n) is 5.99. The van der Waals surface area contributed by atoms with Gasteiger partial charge < -0.3 is 0 Å². The number of aromatic nitrogens is 6. The number of rotatable bonds is 1. The summed E-state index contributed by atoms with van der Waals surface area (Å²) in [5.41, 5.74) is 1.28. The molecule has 0 saturated carbocycles. The van der Waals surface area contributed by atoms with Crippen LogP contribution >= 0.6 is 0 Å². The van der Waals surface area contributed by atoms with E-state index < -0.39 is 0 Å². The third-order valence-electron chi connectivity index (χ3n) is 1.27. The standard InChI is InChI=1S/C6H4N6.CH4/c1-3-7-11-9-5(1)6-2-4-8-12-10-6;/h1-4H;1H4. The van der Waals surface area contributed by atoms with Crippen LogP contribution in [0, 0.1) is 0 Å². The van der Waals surface area contributed by atoms with Gasteiger partial charge in [0.2, 0.25) is 0 Å². The largest absolute Gasteiger partial charge is 0.139 e. The smallest absolute Gasteiger partial charge is 0.117 e. The van der Waals surface area contributed by atoms with Crippen LogP contribution in [0.4, 0.5) is 0 Å². The van der Waals surface area contributed by atoms with Crippen molar-refractivity contribution < 1.29 is 0 Å². The molecule has 0 fully saturated rings. The minimum Gasteiger partial charge on any atom is -0.139 e. The van der Waals surface area contributed by atoms with Crippen LogP contribution in [0.1, 0.15) is 7.43 Å². The molecule has 0 atom stereocenters. The molecule has 0 amide bonds. The van der Waals surface area contributed by atoms with Crippen molar-refractivity contribution in [3.63, 3.8) is 0 Å². The average molecular weight is 176 g/mol. The Balaban J connectivity index is 0.000000845. The minimum atomic E-state index is 0. The molecule has 2 rings (SSSR count). The van der Waals surface area contributed by atoms with E-state index in [1.54, 1.807) is 24.5 Å². The van der Waals surface area contributed by atoms with Crippen LogP contribution in [-0.4, -0.2) is 30.8 Å². The molecule has 2 aromatic heterocycles. The molecular weight excluding hydrogens is 168 g/mol. The molecule has 13 heavy (non-hydrogen) atoms. The van der Waals surface area contributed by atoms with Crippen LogP contribution < -0.4 is 0 Å². The molecule has 0 bridgehead atoms. The summed E-state index contributed by atoms with van der Waals surface area (Å²) >= 11 is 0. The summed E-state index contributed by atoms with van der Waals surface area (Å²) < 4.78 is 0. The normalized spacial score (nSPS) is 8.92. The molecule has 2 aromatic rings. The summed E-state index contributed by atoms with van der Waals surface area (Å²) in [6, 6.07) is 3.41. The zero-order chi connectivity index (χ0) is 8.23. The van der Waals surface area contributed by atoms with E-state index >= 15 is 0 Å². The van der Waals surface area contributed by atoms with E-state index in [4.69, 9.17) is 0 Å². The van der Waals surface area contributed by atoms with E-state index in [1.807, 2.05) is 0 Å². The fraction of sp³-hybridized carbons (Fsp3) is 0.143. The van der Waals surface area contributed by atoms with Crippen molar-refractivity contribution in [3.05, 3.63) is 24.5 Å². The van der Waals surface area contributed by atoms with E-state index in [1.165, 1.54) is 0 Å². The van der Waals surface area contributed by atoms with Crippen molar-refractivity contribution in [3.8, 4) is 11.4 Å². The first kappa shape index (κ1) is 9.11. The lowest BCUT2D eigenvalue weighted by Gasteiger charge is -1.92. The summed E-state index contributed by atoms with van der Waals surface area (Å²) in [5.74, 6) is 0. The SMILES string of the molecule is C.c1cc(-c2ccnnn2)nnn1. The first-order valence-corrected chi connectivity index (χ1v) is 3.26. The molecule has 0 aliphatic heterocycles. The van der Waals surface area contributed by atoms with Crippen LogP contribution in [-0.2, 0) is 0 Å². The molecule has 66 valence electrons. The molecule has 0 spiro atoms. The second kappa shape index (κ2) is 4.15. The summed E-state index contributed by atoms with van der Waals surface area (Å²) in [4.78, 5) is 0. The van der Waals surface area contributed by atoms with Crippen molar-refractivity contribution in [1.82, 2.24) is 30.8 Å². The Morgan fingerprint density at radius 1 is 0.769 bits per heavy atom. The second-order valence-corrected chi connectivity index (χ2v) is 2.01. The Morgan fingerprint density at radius 2 is 1.23 bits per heavy atom. The van der Waals surface area contributed by atoms with Gasteiger partial charge in [0, 0.05) is 0 Å². The van der Waals surface area contributed by atoms with Crippen molar-refractivity contribution in [2.75, 3.05) is 0 Å². The number of hydrogen-bond acceptors (Lipinski definition) is 6. The predicted octanol–water partition coefficient (Wildman–Crippen LogP) is 0.360. The third kappa shape index (κ3) is 1.98. The maximum absolute atomic E-state index is 3.76. The molecular formula is C7H8N6. The highest BCUT2D eigenvalue weighted by Crippen LogP contribution is 2.07.